The summed E-state index contributed by atoms with van der Waals surface area (Å²) in [6, 6.07) is 7.06. The molecule has 1 heterocycles. The third kappa shape index (κ3) is 3.76. The molecule has 0 spiro atoms. The number of carbonyl (C=O) groups is 1. The lowest BCUT2D eigenvalue weighted by atomic mass is 10.2. The zero-order chi connectivity index (χ0) is 12.6. The summed E-state index contributed by atoms with van der Waals surface area (Å²) in [6.45, 7) is 3.10. The molecule has 0 fully saturated rings. The summed E-state index contributed by atoms with van der Waals surface area (Å²) in [5.74, 6) is 1.61. The lowest BCUT2D eigenvalue weighted by Gasteiger charge is -2.16. The van der Waals surface area contributed by atoms with Gasteiger partial charge in [-0.15, -0.1) is 0 Å². The van der Waals surface area contributed by atoms with Crippen LogP contribution in [0.4, 0.5) is 0 Å². The van der Waals surface area contributed by atoms with Gasteiger partial charge in [0.1, 0.15) is 18.6 Å². The quantitative estimate of drug-likeness (QED) is 0.597. The van der Waals surface area contributed by atoms with Gasteiger partial charge in [-0.05, 0) is 30.7 Å². The molecule has 2 rings (SSSR count). The molecular formula is C13H17N3O2. The minimum Gasteiger partial charge on any atom is -0.492 e. The van der Waals surface area contributed by atoms with Gasteiger partial charge in [0.25, 0.3) is 0 Å². The number of nitrogens with one attached hydrogen (secondary N) is 2. The van der Waals surface area contributed by atoms with Gasteiger partial charge in [-0.1, -0.05) is 0 Å². The normalized spacial score (nSPS) is 14.3. The maximum atomic E-state index is 10.5. The molecule has 0 amide bonds. The Morgan fingerprint density at radius 2 is 2.22 bits per heavy atom. The van der Waals surface area contributed by atoms with E-state index in [0.29, 0.717) is 18.7 Å². The molecule has 0 radical (unpaired) electrons. The fourth-order valence-electron chi connectivity index (χ4n) is 1.63. The maximum absolute atomic E-state index is 10.5. The number of benzene rings is 1. The molecule has 0 aromatic heterocycles. The number of hydrogen-bond acceptors (Lipinski definition) is 5. The van der Waals surface area contributed by atoms with Crippen molar-refractivity contribution in [2.75, 3.05) is 26.2 Å². The Balaban J connectivity index is 1.68. The van der Waals surface area contributed by atoms with E-state index in [-0.39, 0.29) is 0 Å². The van der Waals surface area contributed by atoms with E-state index in [1.54, 1.807) is 24.3 Å². The van der Waals surface area contributed by atoms with Crippen molar-refractivity contribution in [2.45, 2.75) is 6.42 Å². The topological polar surface area (TPSA) is 62.7 Å². The molecule has 1 aromatic rings. The number of ether oxygens (including phenoxy) is 1. The van der Waals surface area contributed by atoms with Crippen LogP contribution in [0.5, 0.6) is 5.75 Å². The number of aliphatic imine (C=N–C) groups is 1. The molecule has 1 aromatic carbocycles. The molecule has 1 aliphatic rings. The van der Waals surface area contributed by atoms with Crippen LogP contribution in [0.15, 0.2) is 29.3 Å². The molecule has 0 unspecified atom stereocenters. The van der Waals surface area contributed by atoms with Gasteiger partial charge in [0.05, 0.1) is 6.54 Å². The predicted molar refractivity (Wildman–Crippen MR) is 70.2 cm³/mol. The average Bonchev–Trinajstić information content (AvgIpc) is 2.45. The molecule has 0 saturated carbocycles. The number of hydrogen-bond donors (Lipinski definition) is 2. The van der Waals surface area contributed by atoms with E-state index in [9.17, 15) is 4.79 Å². The number of guanidine groups is 1. The largest absolute Gasteiger partial charge is 0.492 e. The smallest absolute Gasteiger partial charge is 0.191 e. The van der Waals surface area contributed by atoms with Crippen LogP contribution >= 0.6 is 0 Å². The summed E-state index contributed by atoms with van der Waals surface area (Å²) in [6.07, 6.45) is 1.91. The Morgan fingerprint density at radius 3 is 2.89 bits per heavy atom. The molecule has 0 aliphatic carbocycles. The SMILES string of the molecule is O=Cc1ccc(OCCNC2=NCCCN2)cc1. The van der Waals surface area contributed by atoms with Crippen LogP contribution in [-0.4, -0.2) is 38.5 Å². The number of aldehydes is 1. The zero-order valence-electron chi connectivity index (χ0n) is 10.2. The standard InChI is InChI=1S/C13H17N3O2/c17-10-11-2-4-12(5-3-11)18-9-8-16-13-14-6-1-7-15-13/h2-5,10H,1,6-9H2,(H2,14,15,16). The molecule has 18 heavy (non-hydrogen) atoms. The highest BCUT2D eigenvalue weighted by Crippen LogP contribution is 2.10. The van der Waals surface area contributed by atoms with Gasteiger partial charge in [-0.2, -0.15) is 0 Å². The molecule has 96 valence electrons. The molecule has 0 saturated heterocycles. The molecule has 1 aliphatic heterocycles. The second kappa shape index (κ2) is 6.64. The van der Waals surface area contributed by atoms with Crippen molar-refractivity contribution in [3.8, 4) is 5.75 Å². The third-order valence-corrected chi connectivity index (χ3v) is 2.58. The van der Waals surface area contributed by atoms with Gasteiger partial charge in [0, 0.05) is 18.7 Å². The molecule has 0 atom stereocenters. The Labute approximate surface area is 106 Å². The van der Waals surface area contributed by atoms with Crippen LogP contribution in [0.2, 0.25) is 0 Å². The molecule has 2 N–H and O–H groups in total. The van der Waals surface area contributed by atoms with Crippen LogP contribution in [0.1, 0.15) is 16.8 Å². The van der Waals surface area contributed by atoms with Crippen LogP contribution < -0.4 is 15.4 Å². The summed E-state index contributed by atoms with van der Waals surface area (Å²) in [7, 11) is 0. The summed E-state index contributed by atoms with van der Waals surface area (Å²) < 4.78 is 5.54. The first kappa shape index (κ1) is 12.4. The first-order valence-corrected chi connectivity index (χ1v) is 6.09. The van der Waals surface area contributed by atoms with E-state index in [2.05, 4.69) is 15.6 Å². The first-order valence-electron chi connectivity index (χ1n) is 6.09. The Bertz CT molecular complexity index is 415. The highest BCUT2D eigenvalue weighted by molar-refractivity contribution is 5.80. The van der Waals surface area contributed by atoms with E-state index in [4.69, 9.17) is 4.74 Å². The molecule has 5 heteroatoms. The summed E-state index contributed by atoms with van der Waals surface area (Å²) in [5, 5.41) is 6.35. The third-order valence-electron chi connectivity index (χ3n) is 2.58. The lowest BCUT2D eigenvalue weighted by molar-refractivity contribution is 0.112. The minimum absolute atomic E-state index is 0.557. The van der Waals surface area contributed by atoms with E-state index >= 15 is 0 Å². The van der Waals surface area contributed by atoms with Gasteiger partial charge >= 0.3 is 0 Å². The average molecular weight is 247 g/mol. The van der Waals surface area contributed by atoms with Crippen LogP contribution in [0.3, 0.4) is 0 Å². The Kier molecular flexibility index (Phi) is 4.58. The van der Waals surface area contributed by atoms with Crippen LogP contribution in [0, 0.1) is 0 Å². The summed E-state index contributed by atoms with van der Waals surface area (Å²) >= 11 is 0. The van der Waals surface area contributed by atoms with Crippen molar-refractivity contribution in [2.24, 2.45) is 4.99 Å². The van der Waals surface area contributed by atoms with E-state index in [1.807, 2.05) is 0 Å². The second-order valence-corrected chi connectivity index (χ2v) is 3.97. The van der Waals surface area contributed by atoms with Gasteiger partial charge in [0.15, 0.2) is 5.96 Å². The fraction of sp³-hybridized carbons (Fsp3) is 0.385. The van der Waals surface area contributed by atoms with Crippen molar-refractivity contribution in [1.29, 1.82) is 0 Å². The highest BCUT2D eigenvalue weighted by atomic mass is 16.5. The second-order valence-electron chi connectivity index (χ2n) is 3.97. The van der Waals surface area contributed by atoms with E-state index in [0.717, 1.165) is 37.5 Å². The Morgan fingerprint density at radius 1 is 1.39 bits per heavy atom. The Hall–Kier alpha value is -2.04. The minimum atomic E-state index is 0.557. The fourth-order valence-corrected chi connectivity index (χ4v) is 1.63. The van der Waals surface area contributed by atoms with Crippen LogP contribution in [0.25, 0.3) is 0 Å². The zero-order valence-corrected chi connectivity index (χ0v) is 10.2. The summed E-state index contributed by atoms with van der Waals surface area (Å²) in [5.41, 5.74) is 0.654. The molecule has 0 bridgehead atoms. The van der Waals surface area contributed by atoms with Gasteiger partial charge < -0.3 is 15.4 Å². The van der Waals surface area contributed by atoms with Crippen molar-refractivity contribution in [1.82, 2.24) is 10.6 Å². The number of rotatable bonds is 5. The van der Waals surface area contributed by atoms with E-state index in [1.165, 1.54) is 0 Å². The van der Waals surface area contributed by atoms with Crippen LogP contribution in [-0.2, 0) is 0 Å². The molecule has 5 nitrogen and oxygen atoms in total. The molecular weight excluding hydrogens is 230 g/mol. The number of nitrogens with zero attached hydrogens (tertiary/aromatic N) is 1. The van der Waals surface area contributed by atoms with Crippen molar-refractivity contribution in [3.05, 3.63) is 29.8 Å². The predicted octanol–water partition coefficient (Wildman–Crippen LogP) is 0.817. The first-order chi connectivity index (χ1) is 8.88. The monoisotopic (exact) mass is 247 g/mol. The highest BCUT2D eigenvalue weighted by Gasteiger charge is 2.02. The van der Waals surface area contributed by atoms with Gasteiger partial charge in [0.2, 0.25) is 0 Å². The van der Waals surface area contributed by atoms with E-state index < -0.39 is 0 Å². The van der Waals surface area contributed by atoms with Crippen molar-refractivity contribution < 1.29 is 9.53 Å². The van der Waals surface area contributed by atoms with Crippen molar-refractivity contribution >= 4 is 12.2 Å². The summed E-state index contributed by atoms with van der Waals surface area (Å²) in [4.78, 5) is 14.8. The lowest BCUT2D eigenvalue weighted by Crippen LogP contribution is -2.42. The van der Waals surface area contributed by atoms with Gasteiger partial charge in [-0.3, -0.25) is 9.79 Å². The van der Waals surface area contributed by atoms with Crippen molar-refractivity contribution in [3.63, 3.8) is 0 Å². The van der Waals surface area contributed by atoms with Gasteiger partial charge in [-0.25, -0.2) is 0 Å². The number of carbonyl (C=O) groups excluding carboxylic acids is 1. The maximum Gasteiger partial charge on any atom is 0.191 e.